The van der Waals surface area contributed by atoms with Gasteiger partial charge in [0.2, 0.25) is 5.91 Å². The van der Waals surface area contributed by atoms with Crippen molar-refractivity contribution >= 4 is 17.7 Å². The van der Waals surface area contributed by atoms with Gasteiger partial charge in [-0.15, -0.1) is 11.8 Å². The zero-order chi connectivity index (χ0) is 16.1. The number of hydrogen-bond acceptors (Lipinski definition) is 2. The Labute approximate surface area is 137 Å². The van der Waals surface area contributed by atoms with Gasteiger partial charge in [-0.2, -0.15) is 0 Å². The van der Waals surface area contributed by atoms with Crippen LogP contribution >= 0.6 is 11.8 Å². The number of rotatable bonds is 5. The third-order valence-corrected chi connectivity index (χ3v) is 4.70. The number of thioether (sulfide) groups is 1. The summed E-state index contributed by atoms with van der Waals surface area (Å²) < 4.78 is 0. The van der Waals surface area contributed by atoms with Crippen LogP contribution in [0.2, 0.25) is 0 Å². The minimum absolute atomic E-state index is 0.0850. The molecule has 0 spiro atoms. The lowest BCUT2D eigenvalue weighted by Gasteiger charge is -2.21. The van der Waals surface area contributed by atoms with E-state index in [1.54, 1.807) is 16.7 Å². The molecule has 116 valence electrons. The van der Waals surface area contributed by atoms with E-state index in [1.165, 1.54) is 11.1 Å². The van der Waals surface area contributed by atoms with Gasteiger partial charge >= 0.3 is 0 Å². The zero-order valence-corrected chi connectivity index (χ0v) is 14.5. The molecule has 0 heterocycles. The second-order valence-corrected chi connectivity index (χ2v) is 7.17. The van der Waals surface area contributed by atoms with E-state index < -0.39 is 0 Å². The summed E-state index contributed by atoms with van der Waals surface area (Å²) in [6.45, 7) is 6.76. The number of aryl methyl sites for hydroxylation is 2. The van der Waals surface area contributed by atoms with Gasteiger partial charge in [-0.1, -0.05) is 47.5 Å². The van der Waals surface area contributed by atoms with E-state index in [1.807, 2.05) is 14.0 Å². The first kappa shape index (κ1) is 16.6. The second-order valence-electron chi connectivity index (χ2n) is 5.75. The molecule has 2 nitrogen and oxygen atoms in total. The van der Waals surface area contributed by atoms with Gasteiger partial charge in [0.25, 0.3) is 0 Å². The summed E-state index contributed by atoms with van der Waals surface area (Å²) in [4.78, 5) is 15.4. The Morgan fingerprint density at radius 3 is 2.05 bits per heavy atom. The van der Waals surface area contributed by atoms with Gasteiger partial charge in [0.05, 0.1) is 5.25 Å². The highest BCUT2D eigenvalue weighted by atomic mass is 32.2. The molecule has 0 radical (unpaired) electrons. The lowest BCUT2D eigenvalue weighted by Crippen LogP contribution is -2.32. The number of carbonyl (C=O) groups is 1. The van der Waals surface area contributed by atoms with Crippen molar-refractivity contribution in [3.63, 3.8) is 0 Å². The van der Waals surface area contributed by atoms with E-state index in [0.717, 1.165) is 10.5 Å². The van der Waals surface area contributed by atoms with Crippen molar-refractivity contribution in [2.24, 2.45) is 0 Å². The lowest BCUT2D eigenvalue weighted by atomic mass is 10.1. The smallest absolute Gasteiger partial charge is 0.235 e. The van der Waals surface area contributed by atoms with Crippen LogP contribution in [0.25, 0.3) is 0 Å². The van der Waals surface area contributed by atoms with Gasteiger partial charge in [0, 0.05) is 18.5 Å². The summed E-state index contributed by atoms with van der Waals surface area (Å²) in [6, 6.07) is 16.6. The number of benzene rings is 2. The van der Waals surface area contributed by atoms with Gasteiger partial charge in [-0.3, -0.25) is 4.79 Å². The predicted octanol–water partition coefficient (Wildman–Crippen LogP) is 4.44. The second kappa shape index (κ2) is 7.50. The van der Waals surface area contributed by atoms with Crippen molar-refractivity contribution in [1.82, 2.24) is 4.90 Å². The maximum atomic E-state index is 12.5. The molecule has 1 amide bonds. The summed E-state index contributed by atoms with van der Waals surface area (Å²) in [5, 5.41) is -0.0850. The average molecular weight is 313 g/mol. The number of hydrogen-bond donors (Lipinski definition) is 0. The van der Waals surface area contributed by atoms with Crippen molar-refractivity contribution in [3.05, 3.63) is 65.2 Å². The van der Waals surface area contributed by atoms with Crippen molar-refractivity contribution < 1.29 is 4.79 Å². The maximum Gasteiger partial charge on any atom is 0.235 e. The van der Waals surface area contributed by atoms with Crippen molar-refractivity contribution in [2.75, 3.05) is 7.05 Å². The summed E-state index contributed by atoms with van der Waals surface area (Å²) >= 11 is 1.61. The van der Waals surface area contributed by atoms with Crippen molar-refractivity contribution in [2.45, 2.75) is 37.5 Å². The molecule has 0 aromatic heterocycles. The van der Waals surface area contributed by atoms with Gasteiger partial charge in [-0.05, 0) is 38.5 Å². The molecule has 0 aliphatic rings. The number of nitrogens with zero attached hydrogens (tertiary/aromatic N) is 1. The first-order valence-corrected chi connectivity index (χ1v) is 8.37. The summed E-state index contributed by atoms with van der Waals surface area (Å²) in [5.74, 6) is 0.158. The molecule has 2 aromatic rings. The van der Waals surface area contributed by atoms with E-state index in [-0.39, 0.29) is 11.2 Å². The van der Waals surface area contributed by atoms with Crippen LogP contribution < -0.4 is 0 Å². The molecule has 0 saturated heterocycles. The van der Waals surface area contributed by atoms with Gasteiger partial charge < -0.3 is 4.90 Å². The first-order chi connectivity index (χ1) is 10.5. The Balaban J connectivity index is 1.94. The fourth-order valence-corrected chi connectivity index (χ4v) is 3.21. The monoisotopic (exact) mass is 313 g/mol. The minimum atomic E-state index is -0.0850. The molecule has 0 N–H and O–H groups in total. The highest BCUT2D eigenvalue weighted by molar-refractivity contribution is 8.00. The van der Waals surface area contributed by atoms with E-state index in [4.69, 9.17) is 0 Å². The quantitative estimate of drug-likeness (QED) is 0.760. The van der Waals surface area contributed by atoms with Gasteiger partial charge in [0.15, 0.2) is 0 Å². The zero-order valence-electron chi connectivity index (χ0n) is 13.7. The highest BCUT2D eigenvalue weighted by Gasteiger charge is 2.18. The van der Waals surface area contributed by atoms with Crippen LogP contribution in [0.3, 0.4) is 0 Å². The Morgan fingerprint density at radius 1 is 1.00 bits per heavy atom. The van der Waals surface area contributed by atoms with Gasteiger partial charge in [0.1, 0.15) is 0 Å². The van der Waals surface area contributed by atoms with Crippen LogP contribution in [0.4, 0.5) is 0 Å². The van der Waals surface area contributed by atoms with Crippen LogP contribution in [0.5, 0.6) is 0 Å². The largest absolute Gasteiger partial charge is 0.340 e. The Morgan fingerprint density at radius 2 is 1.50 bits per heavy atom. The standard InChI is InChI=1S/C19H23NOS/c1-14-5-9-17(10-6-14)13-20(4)19(21)16(3)22-18-11-7-15(2)8-12-18/h5-12,16H,13H2,1-4H3/t16-/m0/s1. The SMILES string of the molecule is Cc1ccc(CN(C)C(=O)[C@H](C)Sc2ccc(C)cc2)cc1. The first-order valence-electron chi connectivity index (χ1n) is 7.49. The molecule has 0 saturated carbocycles. The molecule has 2 rings (SSSR count). The number of carbonyl (C=O) groups excluding carboxylic acids is 1. The minimum Gasteiger partial charge on any atom is -0.340 e. The van der Waals surface area contributed by atoms with Crippen molar-refractivity contribution in [1.29, 1.82) is 0 Å². The molecule has 0 aliphatic carbocycles. The molecule has 2 aromatic carbocycles. The molecule has 1 atom stereocenters. The van der Waals surface area contributed by atoms with Crippen LogP contribution in [0.15, 0.2) is 53.4 Å². The normalized spacial score (nSPS) is 12.0. The average Bonchev–Trinajstić information content (AvgIpc) is 2.51. The summed E-state index contributed by atoms with van der Waals surface area (Å²) in [7, 11) is 1.87. The Kier molecular flexibility index (Phi) is 5.67. The molecular formula is C19H23NOS. The van der Waals surface area contributed by atoms with E-state index in [0.29, 0.717) is 6.54 Å². The lowest BCUT2D eigenvalue weighted by molar-refractivity contribution is -0.129. The van der Waals surface area contributed by atoms with Gasteiger partial charge in [-0.25, -0.2) is 0 Å². The van der Waals surface area contributed by atoms with E-state index in [9.17, 15) is 4.79 Å². The fourth-order valence-electron chi connectivity index (χ4n) is 2.23. The molecule has 22 heavy (non-hydrogen) atoms. The molecule has 0 unspecified atom stereocenters. The molecule has 0 bridgehead atoms. The van der Waals surface area contributed by atoms with E-state index >= 15 is 0 Å². The van der Waals surface area contributed by atoms with Crippen LogP contribution in [0.1, 0.15) is 23.6 Å². The molecule has 0 aliphatic heterocycles. The predicted molar refractivity (Wildman–Crippen MR) is 94.2 cm³/mol. The van der Waals surface area contributed by atoms with Crippen LogP contribution in [0, 0.1) is 13.8 Å². The molecule has 0 fully saturated rings. The fraction of sp³-hybridized carbons (Fsp3) is 0.316. The third kappa shape index (κ3) is 4.63. The van der Waals surface area contributed by atoms with Crippen LogP contribution in [-0.4, -0.2) is 23.1 Å². The highest BCUT2D eigenvalue weighted by Crippen LogP contribution is 2.24. The molecule has 3 heteroatoms. The Hall–Kier alpha value is -1.74. The Bertz CT molecular complexity index is 563. The van der Waals surface area contributed by atoms with E-state index in [2.05, 4.69) is 62.4 Å². The topological polar surface area (TPSA) is 20.3 Å². The number of amides is 1. The van der Waals surface area contributed by atoms with Crippen LogP contribution in [-0.2, 0) is 11.3 Å². The maximum absolute atomic E-state index is 12.5. The third-order valence-electron chi connectivity index (χ3n) is 3.60. The summed E-state index contributed by atoms with van der Waals surface area (Å²) in [5.41, 5.74) is 3.63. The van der Waals surface area contributed by atoms with Crippen molar-refractivity contribution in [3.8, 4) is 0 Å². The summed E-state index contributed by atoms with van der Waals surface area (Å²) in [6.07, 6.45) is 0. The molecular weight excluding hydrogens is 290 g/mol.